The molecule has 1 aromatic heterocycles. The van der Waals surface area contributed by atoms with Crippen molar-refractivity contribution < 1.29 is 14.4 Å². The minimum atomic E-state index is -1.23. The van der Waals surface area contributed by atoms with Crippen LogP contribution < -0.4 is 5.32 Å². The average molecular weight is 459 g/mol. The maximum atomic E-state index is 13.3. The molecule has 5 rings (SSSR count). The Morgan fingerprint density at radius 2 is 1.79 bits per heavy atom. The third-order valence-corrected chi connectivity index (χ3v) is 7.05. The molecule has 0 aliphatic carbocycles. The number of carbonyl (C=O) groups is 3. The van der Waals surface area contributed by atoms with Crippen LogP contribution in [0.1, 0.15) is 17.5 Å². The van der Waals surface area contributed by atoms with E-state index in [9.17, 15) is 14.4 Å². The Labute approximate surface area is 194 Å². The Morgan fingerprint density at radius 3 is 2.58 bits per heavy atom. The SMILES string of the molecule is CN(Cc1nc2ccccc2s1)C(=O)CN1C(=O)N[C@](C)(c2ccc3ccccc3c2)C1=O. The number of para-hydroxylation sites is 1. The molecule has 1 N–H and O–H groups in total. The molecule has 1 fully saturated rings. The van der Waals surface area contributed by atoms with Crippen LogP contribution in [-0.4, -0.2) is 46.2 Å². The van der Waals surface area contributed by atoms with Crippen LogP contribution in [0.15, 0.2) is 66.7 Å². The quantitative estimate of drug-likeness (QED) is 0.460. The Balaban J connectivity index is 1.32. The molecule has 4 aromatic rings. The maximum Gasteiger partial charge on any atom is 0.325 e. The zero-order valence-corrected chi connectivity index (χ0v) is 19.1. The highest BCUT2D eigenvalue weighted by molar-refractivity contribution is 7.18. The van der Waals surface area contributed by atoms with E-state index >= 15 is 0 Å². The highest BCUT2D eigenvalue weighted by Gasteiger charge is 2.49. The normalized spacial score (nSPS) is 18.2. The van der Waals surface area contributed by atoms with E-state index in [1.807, 2.05) is 66.7 Å². The number of rotatable bonds is 5. The molecule has 7 nitrogen and oxygen atoms in total. The van der Waals surface area contributed by atoms with Gasteiger partial charge in [-0.3, -0.25) is 14.5 Å². The fourth-order valence-corrected chi connectivity index (χ4v) is 5.09. The van der Waals surface area contributed by atoms with Gasteiger partial charge in [-0.25, -0.2) is 9.78 Å². The van der Waals surface area contributed by atoms with Crippen LogP contribution in [-0.2, 0) is 21.7 Å². The zero-order valence-electron chi connectivity index (χ0n) is 18.2. The van der Waals surface area contributed by atoms with Gasteiger partial charge in [0.15, 0.2) is 0 Å². The molecular weight excluding hydrogens is 436 g/mol. The van der Waals surface area contributed by atoms with Gasteiger partial charge in [0.1, 0.15) is 17.1 Å². The monoisotopic (exact) mass is 458 g/mol. The van der Waals surface area contributed by atoms with Crippen LogP contribution in [0.5, 0.6) is 0 Å². The highest BCUT2D eigenvalue weighted by Crippen LogP contribution is 2.31. The number of imide groups is 1. The number of carbonyl (C=O) groups excluding carboxylic acids is 3. The van der Waals surface area contributed by atoms with Crippen LogP contribution >= 0.6 is 11.3 Å². The molecule has 166 valence electrons. The first kappa shape index (κ1) is 21.1. The summed E-state index contributed by atoms with van der Waals surface area (Å²) in [6, 6.07) is 20.7. The summed E-state index contributed by atoms with van der Waals surface area (Å²) in [5.74, 6) is -0.773. The Bertz CT molecular complexity index is 1380. The van der Waals surface area contributed by atoms with E-state index < -0.39 is 17.5 Å². The summed E-state index contributed by atoms with van der Waals surface area (Å²) >= 11 is 1.52. The number of hydrogen-bond donors (Lipinski definition) is 1. The lowest BCUT2D eigenvalue weighted by Gasteiger charge is -2.23. The Morgan fingerprint density at radius 1 is 1.06 bits per heavy atom. The van der Waals surface area contributed by atoms with Gasteiger partial charge in [0.25, 0.3) is 5.91 Å². The van der Waals surface area contributed by atoms with Gasteiger partial charge in [0.2, 0.25) is 5.91 Å². The molecule has 4 amide bonds. The van der Waals surface area contributed by atoms with Crippen LogP contribution in [0.3, 0.4) is 0 Å². The van der Waals surface area contributed by atoms with Gasteiger partial charge in [-0.1, -0.05) is 48.5 Å². The number of amides is 4. The van der Waals surface area contributed by atoms with Gasteiger partial charge in [0, 0.05) is 7.05 Å². The van der Waals surface area contributed by atoms with Crippen LogP contribution in [0.4, 0.5) is 4.79 Å². The lowest BCUT2D eigenvalue weighted by molar-refractivity contribution is -0.138. The fourth-order valence-electron chi connectivity index (χ4n) is 4.07. The second-order valence-corrected chi connectivity index (χ2v) is 9.45. The molecule has 33 heavy (non-hydrogen) atoms. The summed E-state index contributed by atoms with van der Waals surface area (Å²) in [6.07, 6.45) is 0. The topological polar surface area (TPSA) is 82.6 Å². The smallest absolute Gasteiger partial charge is 0.325 e. The summed E-state index contributed by atoms with van der Waals surface area (Å²) in [5.41, 5.74) is 0.337. The van der Waals surface area contributed by atoms with Crippen LogP contribution in [0.25, 0.3) is 21.0 Å². The van der Waals surface area contributed by atoms with Crippen LogP contribution in [0.2, 0.25) is 0 Å². The summed E-state index contributed by atoms with van der Waals surface area (Å²) in [7, 11) is 1.65. The van der Waals surface area contributed by atoms with Crippen LogP contribution in [0, 0.1) is 0 Å². The van der Waals surface area contributed by atoms with E-state index in [1.54, 1.807) is 14.0 Å². The number of hydrogen-bond acceptors (Lipinski definition) is 5. The predicted octanol–water partition coefficient (Wildman–Crippen LogP) is 3.88. The van der Waals surface area contributed by atoms with Crippen molar-refractivity contribution in [2.75, 3.05) is 13.6 Å². The van der Waals surface area contributed by atoms with Crippen molar-refractivity contribution >= 4 is 50.2 Å². The third-order valence-electron chi connectivity index (χ3n) is 6.03. The minimum absolute atomic E-state index is 0.309. The number of nitrogens with zero attached hydrogens (tertiary/aromatic N) is 3. The van der Waals surface area contributed by atoms with Crippen molar-refractivity contribution in [3.05, 3.63) is 77.3 Å². The molecule has 0 radical (unpaired) electrons. The molecule has 1 aliphatic heterocycles. The van der Waals surface area contributed by atoms with Gasteiger partial charge in [-0.15, -0.1) is 11.3 Å². The van der Waals surface area contributed by atoms with Crippen molar-refractivity contribution in [1.29, 1.82) is 0 Å². The Kier molecular flexibility index (Phi) is 5.09. The summed E-state index contributed by atoms with van der Waals surface area (Å²) in [6.45, 7) is 1.66. The molecule has 0 saturated carbocycles. The zero-order chi connectivity index (χ0) is 23.2. The summed E-state index contributed by atoms with van der Waals surface area (Å²) in [5, 5.41) is 5.60. The van der Waals surface area contributed by atoms with Gasteiger partial charge >= 0.3 is 6.03 Å². The molecule has 1 saturated heterocycles. The molecule has 0 unspecified atom stereocenters. The lowest BCUT2D eigenvalue weighted by atomic mass is 9.90. The van der Waals surface area contributed by atoms with Crippen molar-refractivity contribution in [3.63, 3.8) is 0 Å². The second-order valence-electron chi connectivity index (χ2n) is 8.33. The van der Waals surface area contributed by atoms with E-state index in [0.717, 1.165) is 30.9 Å². The first-order valence-corrected chi connectivity index (χ1v) is 11.4. The first-order valence-electron chi connectivity index (χ1n) is 10.6. The van der Waals surface area contributed by atoms with Crippen molar-refractivity contribution in [1.82, 2.24) is 20.1 Å². The number of likely N-dealkylation sites (N-methyl/N-ethyl adjacent to an activating group) is 1. The minimum Gasteiger partial charge on any atom is -0.337 e. The number of fused-ring (bicyclic) bond motifs is 2. The molecule has 1 atom stereocenters. The van der Waals surface area contributed by atoms with Crippen molar-refractivity contribution in [3.8, 4) is 0 Å². The van der Waals surface area contributed by atoms with Gasteiger partial charge in [-0.2, -0.15) is 0 Å². The third kappa shape index (κ3) is 3.72. The lowest BCUT2D eigenvalue weighted by Crippen LogP contribution is -2.43. The number of urea groups is 1. The first-order chi connectivity index (χ1) is 15.8. The molecule has 8 heteroatoms. The van der Waals surface area contributed by atoms with E-state index in [1.165, 1.54) is 16.2 Å². The second kappa shape index (κ2) is 7.97. The number of nitrogens with one attached hydrogen (secondary N) is 1. The molecule has 0 bridgehead atoms. The van der Waals surface area contributed by atoms with Gasteiger partial charge < -0.3 is 10.2 Å². The highest BCUT2D eigenvalue weighted by atomic mass is 32.1. The molecular formula is C25H22N4O3S. The molecule has 2 heterocycles. The van der Waals surface area contributed by atoms with Crippen molar-refractivity contribution in [2.45, 2.75) is 19.0 Å². The Hall–Kier alpha value is -3.78. The predicted molar refractivity (Wildman–Crippen MR) is 128 cm³/mol. The van der Waals surface area contributed by atoms with E-state index in [2.05, 4.69) is 10.3 Å². The summed E-state index contributed by atoms with van der Waals surface area (Å²) < 4.78 is 1.05. The molecule has 3 aromatic carbocycles. The fraction of sp³-hybridized carbons (Fsp3) is 0.200. The van der Waals surface area contributed by atoms with E-state index in [-0.39, 0.29) is 12.5 Å². The van der Waals surface area contributed by atoms with Gasteiger partial charge in [0.05, 0.1) is 16.8 Å². The number of thiazole rings is 1. The van der Waals surface area contributed by atoms with Gasteiger partial charge in [-0.05, 0) is 41.5 Å². The van der Waals surface area contributed by atoms with E-state index in [4.69, 9.17) is 0 Å². The average Bonchev–Trinajstić information content (AvgIpc) is 3.32. The summed E-state index contributed by atoms with van der Waals surface area (Å²) in [4.78, 5) is 45.8. The standard InChI is InChI=1S/C25H22N4O3S/c1-25(18-12-11-16-7-3-4-8-17(16)13-18)23(31)29(24(32)27-25)15-22(30)28(2)14-21-26-19-9-5-6-10-20(19)33-21/h3-13H,14-15H2,1-2H3,(H,27,32)/t25-/m1/s1. The largest absolute Gasteiger partial charge is 0.337 e. The molecule has 1 aliphatic rings. The van der Waals surface area contributed by atoms with E-state index in [0.29, 0.717) is 12.1 Å². The molecule has 0 spiro atoms. The number of aromatic nitrogens is 1. The van der Waals surface area contributed by atoms with Crippen molar-refractivity contribution in [2.24, 2.45) is 0 Å². The number of benzene rings is 3. The maximum absolute atomic E-state index is 13.3.